The average Bonchev–Trinajstić information content (AvgIpc) is 3.25. The molecule has 3 rings (SSSR count). The standard InChI is InChI=1S/C22H24N2O5S/c1-26-17-7-14(8-18(11-17)27-2)12-23-21(25)10-16-13-30-22(24-16)15-5-6-19(28-3)20(9-15)29-4/h5-9,11,13H,10,12H2,1-4H3,(H,23,25). The summed E-state index contributed by atoms with van der Waals surface area (Å²) in [5.41, 5.74) is 2.52. The predicted octanol–water partition coefficient (Wildman–Crippen LogP) is 3.70. The lowest BCUT2D eigenvalue weighted by Crippen LogP contribution is -2.24. The molecule has 0 fully saturated rings. The van der Waals surface area contributed by atoms with Crippen molar-refractivity contribution in [1.29, 1.82) is 0 Å². The van der Waals surface area contributed by atoms with Gasteiger partial charge in [-0.05, 0) is 35.9 Å². The Kier molecular flexibility index (Phi) is 7.13. The molecule has 0 bridgehead atoms. The molecule has 1 aromatic heterocycles. The number of ether oxygens (including phenoxy) is 4. The Balaban J connectivity index is 1.63. The molecule has 0 radical (unpaired) electrons. The summed E-state index contributed by atoms with van der Waals surface area (Å²) in [6.45, 7) is 0.374. The second-order valence-corrected chi connectivity index (χ2v) is 7.25. The molecule has 158 valence electrons. The summed E-state index contributed by atoms with van der Waals surface area (Å²) in [6, 6.07) is 11.1. The van der Waals surface area contributed by atoms with Gasteiger partial charge in [-0.3, -0.25) is 4.79 Å². The van der Waals surface area contributed by atoms with Crippen molar-refractivity contribution in [2.75, 3.05) is 28.4 Å². The number of carbonyl (C=O) groups is 1. The van der Waals surface area contributed by atoms with Gasteiger partial charge in [-0.25, -0.2) is 4.98 Å². The zero-order valence-corrected chi connectivity index (χ0v) is 18.2. The highest BCUT2D eigenvalue weighted by molar-refractivity contribution is 7.13. The quantitative estimate of drug-likeness (QED) is 0.560. The van der Waals surface area contributed by atoms with Crippen molar-refractivity contribution in [3.8, 4) is 33.6 Å². The smallest absolute Gasteiger partial charge is 0.226 e. The van der Waals surface area contributed by atoms with E-state index in [1.807, 2.05) is 35.7 Å². The largest absolute Gasteiger partial charge is 0.497 e. The van der Waals surface area contributed by atoms with E-state index in [0.717, 1.165) is 16.1 Å². The van der Waals surface area contributed by atoms with Gasteiger partial charge in [-0.1, -0.05) is 0 Å². The van der Waals surface area contributed by atoms with Gasteiger partial charge in [0.15, 0.2) is 11.5 Å². The molecular formula is C22H24N2O5S. The maximum Gasteiger partial charge on any atom is 0.226 e. The fraction of sp³-hybridized carbons (Fsp3) is 0.273. The first kappa shape index (κ1) is 21.4. The third-order valence-electron chi connectivity index (χ3n) is 4.42. The fourth-order valence-electron chi connectivity index (χ4n) is 2.89. The van der Waals surface area contributed by atoms with Crippen LogP contribution >= 0.6 is 11.3 Å². The lowest BCUT2D eigenvalue weighted by Gasteiger charge is -2.09. The molecule has 0 spiro atoms. The first-order chi connectivity index (χ1) is 14.6. The Bertz CT molecular complexity index is 996. The average molecular weight is 429 g/mol. The van der Waals surface area contributed by atoms with Crippen LogP contribution < -0.4 is 24.3 Å². The Morgan fingerprint density at radius 3 is 2.27 bits per heavy atom. The molecule has 0 unspecified atom stereocenters. The summed E-state index contributed by atoms with van der Waals surface area (Å²) in [5, 5.41) is 5.62. The van der Waals surface area contributed by atoms with Gasteiger partial charge in [0.2, 0.25) is 5.91 Å². The Labute approximate surface area is 179 Å². The van der Waals surface area contributed by atoms with Gasteiger partial charge >= 0.3 is 0 Å². The molecule has 0 aliphatic heterocycles. The maximum atomic E-state index is 12.4. The number of hydrogen-bond acceptors (Lipinski definition) is 7. The van der Waals surface area contributed by atoms with Gasteiger partial charge < -0.3 is 24.3 Å². The predicted molar refractivity (Wildman–Crippen MR) is 116 cm³/mol. The minimum Gasteiger partial charge on any atom is -0.497 e. The van der Waals surface area contributed by atoms with E-state index in [4.69, 9.17) is 18.9 Å². The lowest BCUT2D eigenvalue weighted by molar-refractivity contribution is -0.120. The molecule has 1 heterocycles. The van der Waals surface area contributed by atoms with Crippen LogP contribution in [0.4, 0.5) is 0 Å². The second kappa shape index (κ2) is 9.98. The summed E-state index contributed by atoms with van der Waals surface area (Å²) < 4.78 is 21.1. The topological polar surface area (TPSA) is 78.9 Å². The minimum atomic E-state index is -0.110. The van der Waals surface area contributed by atoms with Crippen LogP contribution in [0.5, 0.6) is 23.0 Å². The van der Waals surface area contributed by atoms with Gasteiger partial charge in [-0.15, -0.1) is 11.3 Å². The van der Waals surface area contributed by atoms with E-state index in [9.17, 15) is 4.79 Å². The molecule has 30 heavy (non-hydrogen) atoms. The number of amides is 1. The van der Waals surface area contributed by atoms with Crippen LogP contribution in [0.15, 0.2) is 41.8 Å². The number of benzene rings is 2. The maximum absolute atomic E-state index is 12.4. The van der Waals surface area contributed by atoms with E-state index in [2.05, 4.69) is 10.3 Å². The summed E-state index contributed by atoms with van der Waals surface area (Å²) in [4.78, 5) is 17.0. The Hall–Kier alpha value is -3.26. The van der Waals surface area contributed by atoms with Gasteiger partial charge in [0.25, 0.3) is 0 Å². The number of methoxy groups -OCH3 is 4. The molecule has 0 saturated heterocycles. The van der Waals surface area contributed by atoms with Crippen molar-refractivity contribution >= 4 is 17.2 Å². The lowest BCUT2D eigenvalue weighted by atomic mass is 10.2. The van der Waals surface area contributed by atoms with Gasteiger partial charge in [-0.2, -0.15) is 0 Å². The highest BCUT2D eigenvalue weighted by Gasteiger charge is 2.12. The van der Waals surface area contributed by atoms with E-state index in [1.165, 1.54) is 11.3 Å². The molecule has 7 nitrogen and oxygen atoms in total. The summed E-state index contributed by atoms with van der Waals surface area (Å²) in [7, 11) is 6.38. The van der Waals surface area contributed by atoms with E-state index in [1.54, 1.807) is 34.5 Å². The molecule has 1 N–H and O–H groups in total. The van der Waals surface area contributed by atoms with Crippen LogP contribution in [0, 0.1) is 0 Å². The fourth-order valence-corrected chi connectivity index (χ4v) is 3.70. The molecule has 3 aromatic rings. The van der Waals surface area contributed by atoms with E-state index in [-0.39, 0.29) is 12.3 Å². The number of nitrogens with one attached hydrogen (secondary N) is 1. The molecular weight excluding hydrogens is 404 g/mol. The molecule has 0 aliphatic rings. The number of hydrogen-bond donors (Lipinski definition) is 1. The Morgan fingerprint density at radius 1 is 0.933 bits per heavy atom. The molecule has 0 aliphatic carbocycles. The van der Waals surface area contributed by atoms with Crippen LogP contribution in [-0.4, -0.2) is 39.3 Å². The van der Waals surface area contributed by atoms with Crippen LogP contribution in [-0.2, 0) is 17.8 Å². The Morgan fingerprint density at radius 2 is 1.63 bits per heavy atom. The van der Waals surface area contributed by atoms with Gasteiger partial charge in [0.1, 0.15) is 16.5 Å². The number of thiazole rings is 1. The molecule has 0 atom stereocenters. The number of aromatic nitrogens is 1. The third-order valence-corrected chi connectivity index (χ3v) is 5.37. The molecule has 1 amide bonds. The van der Waals surface area contributed by atoms with E-state index >= 15 is 0 Å². The van der Waals surface area contributed by atoms with Crippen LogP contribution in [0.2, 0.25) is 0 Å². The van der Waals surface area contributed by atoms with E-state index in [0.29, 0.717) is 35.2 Å². The highest BCUT2D eigenvalue weighted by Crippen LogP contribution is 2.33. The second-order valence-electron chi connectivity index (χ2n) is 6.39. The summed E-state index contributed by atoms with van der Waals surface area (Å²) >= 11 is 1.48. The van der Waals surface area contributed by atoms with Crippen LogP contribution in [0.3, 0.4) is 0 Å². The summed E-state index contributed by atoms with van der Waals surface area (Å²) in [5.74, 6) is 2.54. The number of carbonyl (C=O) groups excluding carboxylic acids is 1. The molecule has 0 saturated carbocycles. The first-order valence-electron chi connectivity index (χ1n) is 9.21. The molecule has 2 aromatic carbocycles. The van der Waals surface area contributed by atoms with Crippen molar-refractivity contribution in [3.05, 3.63) is 53.0 Å². The minimum absolute atomic E-state index is 0.110. The third kappa shape index (κ3) is 5.21. The zero-order valence-electron chi connectivity index (χ0n) is 17.4. The van der Waals surface area contributed by atoms with Crippen molar-refractivity contribution in [2.24, 2.45) is 0 Å². The van der Waals surface area contributed by atoms with Crippen molar-refractivity contribution in [3.63, 3.8) is 0 Å². The highest BCUT2D eigenvalue weighted by atomic mass is 32.1. The first-order valence-corrected chi connectivity index (χ1v) is 10.1. The molecule has 8 heteroatoms. The van der Waals surface area contributed by atoms with Crippen LogP contribution in [0.1, 0.15) is 11.3 Å². The van der Waals surface area contributed by atoms with E-state index < -0.39 is 0 Å². The SMILES string of the molecule is COc1cc(CNC(=O)Cc2csc(-c3ccc(OC)c(OC)c3)n2)cc(OC)c1. The monoisotopic (exact) mass is 428 g/mol. The normalized spacial score (nSPS) is 10.4. The van der Waals surface area contributed by atoms with Crippen molar-refractivity contribution in [1.82, 2.24) is 10.3 Å². The number of nitrogens with zero attached hydrogens (tertiary/aromatic N) is 1. The van der Waals surface area contributed by atoms with Gasteiger partial charge in [0.05, 0.1) is 40.6 Å². The van der Waals surface area contributed by atoms with Crippen molar-refractivity contribution in [2.45, 2.75) is 13.0 Å². The van der Waals surface area contributed by atoms with Crippen LogP contribution in [0.25, 0.3) is 10.6 Å². The van der Waals surface area contributed by atoms with Gasteiger partial charge in [0, 0.05) is 23.6 Å². The van der Waals surface area contributed by atoms with Crippen molar-refractivity contribution < 1.29 is 23.7 Å². The number of rotatable bonds is 9. The zero-order chi connectivity index (χ0) is 21.5. The summed E-state index contributed by atoms with van der Waals surface area (Å²) in [6.07, 6.45) is 0.199.